The van der Waals surface area contributed by atoms with Crippen LogP contribution in [0.4, 0.5) is 5.69 Å². The third kappa shape index (κ3) is 6.87. The Morgan fingerprint density at radius 1 is 1.24 bits per heavy atom. The van der Waals surface area contributed by atoms with Gasteiger partial charge < -0.3 is 16.8 Å². The maximum absolute atomic E-state index is 11.8. The summed E-state index contributed by atoms with van der Waals surface area (Å²) in [6.45, 7) is 4.10. The van der Waals surface area contributed by atoms with E-state index < -0.39 is 0 Å². The first-order chi connectivity index (χ1) is 10.0. The quantitative estimate of drug-likeness (QED) is 0.622. The van der Waals surface area contributed by atoms with Crippen LogP contribution in [-0.4, -0.2) is 36.3 Å². The van der Waals surface area contributed by atoms with E-state index in [1.165, 1.54) is 0 Å². The van der Waals surface area contributed by atoms with Crippen molar-refractivity contribution in [2.75, 3.05) is 25.0 Å². The van der Waals surface area contributed by atoms with Crippen molar-refractivity contribution >= 4 is 17.5 Å². The van der Waals surface area contributed by atoms with Crippen LogP contribution in [0.15, 0.2) is 24.3 Å². The fourth-order valence-electron chi connectivity index (χ4n) is 1.98. The minimum Gasteiger partial charge on any atom is -0.369 e. The molecule has 0 atom stereocenters. The van der Waals surface area contributed by atoms with Crippen LogP contribution in [0.3, 0.4) is 0 Å². The Bertz CT molecular complexity index is 459. The fourth-order valence-corrected chi connectivity index (χ4v) is 1.98. The van der Waals surface area contributed by atoms with E-state index in [1.807, 2.05) is 36.1 Å². The molecule has 1 rings (SSSR count). The Hall–Kier alpha value is -1.92. The summed E-state index contributed by atoms with van der Waals surface area (Å²) in [5.74, 6) is -0.382. The van der Waals surface area contributed by atoms with Gasteiger partial charge in [0.25, 0.3) is 0 Å². The second kappa shape index (κ2) is 9.10. The van der Waals surface area contributed by atoms with Gasteiger partial charge in [0.2, 0.25) is 11.8 Å². The summed E-state index contributed by atoms with van der Waals surface area (Å²) in [5.41, 5.74) is 12.5. The number of benzene rings is 1. The Kier molecular flexibility index (Phi) is 7.42. The van der Waals surface area contributed by atoms with Crippen LogP contribution in [0.5, 0.6) is 0 Å². The first-order valence-corrected chi connectivity index (χ1v) is 7.14. The molecule has 0 saturated carbocycles. The minimum atomic E-state index is -0.346. The lowest BCUT2D eigenvalue weighted by molar-refractivity contribution is -0.119. The van der Waals surface area contributed by atoms with Crippen LogP contribution in [0.25, 0.3) is 0 Å². The van der Waals surface area contributed by atoms with E-state index in [9.17, 15) is 9.59 Å². The average Bonchev–Trinajstić information content (AvgIpc) is 2.46. The number of likely N-dealkylation sites (N-methyl/N-ethyl adjacent to an activating group) is 1. The molecule has 0 saturated heterocycles. The highest BCUT2D eigenvalue weighted by atomic mass is 16.2. The molecule has 2 amide bonds. The number of primary amides is 1. The Morgan fingerprint density at radius 3 is 2.43 bits per heavy atom. The summed E-state index contributed by atoms with van der Waals surface area (Å²) in [6.07, 6.45) is 1.10. The molecule has 6 heteroatoms. The molecular formula is C15H24N4O2. The first kappa shape index (κ1) is 17.1. The van der Waals surface area contributed by atoms with E-state index in [2.05, 4.69) is 5.32 Å². The van der Waals surface area contributed by atoms with Crippen molar-refractivity contribution in [3.8, 4) is 0 Å². The Labute approximate surface area is 125 Å². The highest BCUT2D eigenvalue weighted by Gasteiger charge is 2.07. The van der Waals surface area contributed by atoms with Crippen LogP contribution in [-0.2, 0) is 16.1 Å². The second-order valence-corrected chi connectivity index (χ2v) is 4.89. The lowest BCUT2D eigenvalue weighted by atomic mass is 10.2. The van der Waals surface area contributed by atoms with Gasteiger partial charge in [-0.05, 0) is 37.2 Å². The van der Waals surface area contributed by atoms with E-state index in [0.717, 1.165) is 17.8 Å². The number of nitrogens with one attached hydrogen (secondary N) is 1. The topological polar surface area (TPSA) is 101 Å². The predicted molar refractivity (Wildman–Crippen MR) is 83.5 cm³/mol. The predicted octanol–water partition coefficient (Wildman–Crippen LogP) is 0.671. The van der Waals surface area contributed by atoms with Crippen molar-refractivity contribution < 1.29 is 9.59 Å². The molecule has 0 aliphatic rings. The van der Waals surface area contributed by atoms with Gasteiger partial charge in [0, 0.05) is 18.7 Å². The lowest BCUT2D eigenvalue weighted by Crippen LogP contribution is -2.34. The molecule has 0 fully saturated rings. The van der Waals surface area contributed by atoms with Gasteiger partial charge in [-0.15, -0.1) is 0 Å². The maximum Gasteiger partial charge on any atom is 0.231 e. The minimum absolute atomic E-state index is 0.0365. The number of carbonyl (C=O) groups is 2. The number of amides is 2. The third-order valence-corrected chi connectivity index (χ3v) is 3.18. The second-order valence-electron chi connectivity index (χ2n) is 4.89. The molecule has 0 radical (unpaired) electrons. The molecule has 0 heterocycles. The largest absolute Gasteiger partial charge is 0.369 e. The summed E-state index contributed by atoms with van der Waals surface area (Å²) in [5, 5.41) is 2.84. The Balaban J connectivity index is 2.31. The van der Waals surface area contributed by atoms with E-state index in [1.54, 1.807) is 0 Å². The van der Waals surface area contributed by atoms with Gasteiger partial charge in [0.15, 0.2) is 0 Å². The molecule has 6 nitrogen and oxygen atoms in total. The molecule has 0 aliphatic carbocycles. The van der Waals surface area contributed by atoms with Crippen LogP contribution in [0.2, 0.25) is 0 Å². The molecule has 1 aromatic rings. The van der Waals surface area contributed by atoms with Crippen LogP contribution >= 0.6 is 0 Å². The molecular weight excluding hydrogens is 268 g/mol. The molecule has 1 aromatic carbocycles. The lowest BCUT2D eigenvalue weighted by Gasteiger charge is -2.17. The molecule has 0 bridgehead atoms. The van der Waals surface area contributed by atoms with Crippen molar-refractivity contribution in [3.63, 3.8) is 0 Å². The number of hydrogen-bond donors (Lipinski definition) is 3. The maximum atomic E-state index is 11.8. The summed E-state index contributed by atoms with van der Waals surface area (Å²) in [6, 6.07) is 7.46. The van der Waals surface area contributed by atoms with E-state index in [0.29, 0.717) is 25.9 Å². The zero-order valence-corrected chi connectivity index (χ0v) is 12.5. The van der Waals surface area contributed by atoms with Gasteiger partial charge in [-0.25, -0.2) is 0 Å². The highest BCUT2D eigenvalue weighted by Crippen LogP contribution is 2.09. The zero-order valence-electron chi connectivity index (χ0n) is 12.5. The standard InChI is InChI=1S/C15H24N4O2/c1-2-19(11-14(17)20)9-3-4-15(21)18-13-7-5-12(10-16)6-8-13/h5-8H,2-4,9-11,16H2,1H3,(H2,17,20)(H,18,21). The van der Waals surface area contributed by atoms with Crippen molar-refractivity contribution in [1.82, 2.24) is 4.90 Å². The van der Waals surface area contributed by atoms with Crippen LogP contribution < -0.4 is 16.8 Å². The van der Waals surface area contributed by atoms with Gasteiger partial charge in [-0.2, -0.15) is 0 Å². The third-order valence-electron chi connectivity index (χ3n) is 3.18. The number of anilines is 1. The molecule has 21 heavy (non-hydrogen) atoms. The molecule has 5 N–H and O–H groups in total. The van der Waals surface area contributed by atoms with Crippen molar-refractivity contribution in [2.24, 2.45) is 11.5 Å². The van der Waals surface area contributed by atoms with E-state index >= 15 is 0 Å². The molecule has 0 spiro atoms. The number of carbonyl (C=O) groups excluding carboxylic acids is 2. The summed E-state index contributed by atoms with van der Waals surface area (Å²) in [4.78, 5) is 24.6. The number of hydrogen-bond acceptors (Lipinski definition) is 4. The van der Waals surface area contributed by atoms with Crippen molar-refractivity contribution in [3.05, 3.63) is 29.8 Å². The summed E-state index contributed by atoms with van der Waals surface area (Å²) >= 11 is 0. The van der Waals surface area contributed by atoms with Crippen molar-refractivity contribution in [1.29, 1.82) is 0 Å². The monoisotopic (exact) mass is 292 g/mol. The van der Waals surface area contributed by atoms with Gasteiger partial charge in [0.05, 0.1) is 6.54 Å². The average molecular weight is 292 g/mol. The van der Waals surface area contributed by atoms with Gasteiger partial charge in [-0.3, -0.25) is 14.5 Å². The van der Waals surface area contributed by atoms with Crippen LogP contribution in [0, 0.1) is 0 Å². The number of rotatable bonds is 9. The molecule has 0 aromatic heterocycles. The summed E-state index contributed by atoms with van der Waals surface area (Å²) < 4.78 is 0. The summed E-state index contributed by atoms with van der Waals surface area (Å²) in [7, 11) is 0. The van der Waals surface area contributed by atoms with E-state index in [-0.39, 0.29) is 18.4 Å². The zero-order chi connectivity index (χ0) is 15.7. The van der Waals surface area contributed by atoms with Crippen molar-refractivity contribution in [2.45, 2.75) is 26.3 Å². The molecule has 0 unspecified atom stereocenters. The molecule has 0 aliphatic heterocycles. The smallest absolute Gasteiger partial charge is 0.231 e. The van der Waals surface area contributed by atoms with Gasteiger partial charge in [-0.1, -0.05) is 19.1 Å². The Morgan fingerprint density at radius 2 is 1.90 bits per heavy atom. The number of nitrogens with two attached hydrogens (primary N) is 2. The fraction of sp³-hybridized carbons (Fsp3) is 0.467. The van der Waals surface area contributed by atoms with Crippen LogP contribution in [0.1, 0.15) is 25.3 Å². The highest BCUT2D eigenvalue weighted by molar-refractivity contribution is 5.90. The van der Waals surface area contributed by atoms with E-state index in [4.69, 9.17) is 11.5 Å². The normalized spacial score (nSPS) is 10.6. The van der Waals surface area contributed by atoms with Gasteiger partial charge >= 0.3 is 0 Å². The SMILES string of the molecule is CCN(CCCC(=O)Nc1ccc(CN)cc1)CC(N)=O. The molecule has 116 valence electrons. The van der Waals surface area contributed by atoms with Gasteiger partial charge in [0.1, 0.15) is 0 Å². The number of nitrogens with zero attached hydrogens (tertiary/aromatic N) is 1. The first-order valence-electron chi connectivity index (χ1n) is 7.14.